The summed E-state index contributed by atoms with van der Waals surface area (Å²) in [6.45, 7) is 0. The van der Waals surface area contributed by atoms with E-state index in [2.05, 4.69) is 173 Å². The molecule has 0 radical (unpaired) electrons. The largest absolute Gasteiger partial charge is 0.455 e. The molecule has 0 spiro atoms. The number of anilines is 3. The second-order valence-corrected chi connectivity index (χ2v) is 15.1. The van der Waals surface area contributed by atoms with Gasteiger partial charge in [0.15, 0.2) is 5.58 Å². The van der Waals surface area contributed by atoms with Gasteiger partial charge >= 0.3 is 0 Å². The van der Waals surface area contributed by atoms with Crippen molar-refractivity contribution in [2.24, 2.45) is 0 Å². The lowest BCUT2D eigenvalue weighted by Gasteiger charge is -2.28. The van der Waals surface area contributed by atoms with Crippen LogP contribution < -0.4 is 4.90 Å². The Kier molecular flexibility index (Phi) is 7.78. The van der Waals surface area contributed by atoms with E-state index in [0.717, 1.165) is 89.1 Å². The van der Waals surface area contributed by atoms with Gasteiger partial charge in [0.1, 0.15) is 16.7 Å². The fourth-order valence-electron chi connectivity index (χ4n) is 8.89. The molecule has 0 atom stereocenters. The van der Waals surface area contributed by atoms with Gasteiger partial charge in [-0.05, 0) is 90.0 Å². The van der Waals surface area contributed by atoms with Crippen LogP contribution in [0.3, 0.4) is 0 Å². The lowest BCUT2D eigenvalue weighted by molar-refractivity contribution is 0.622. The number of rotatable bonds is 7. The predicted octanol–water partition coefficient (Wildman–Crippen LogP) is 15.3. The molecule has 12 rings (SSSR count). The molecule has 5 heteroatoms. The molecule has 0 bridgehead atoms. The number of nitrogens with zero attached hydrogens (tertiary/aromatic N) is 3. The molecular formula is C55H35N3O2. The van der Waals surface area contributed by atoms with E-state index >= 15 is 0 Å². The van der Waals surface area contributed by atoms with Gasteiger partial charge in [-0.2, -0.15) is 0 Å². The minimum atomic E-state index is 0.585. The molecule has 9 aromatic carbocycles. The lowest BCUT2D eigenvalue weighted by Crippen LogP contribution is -2.11. The van der Waals surface area contributed by atoms with E-state index in [4.69, 9.17) is 13.8 Å². The Morgan fingerprint density at radius 3 is 1.83 bits per heavy atom. The lowest BCUT2D eigenvalue weighted by atomic mass is 9.99. The highest BCUT2D eigenvalue weighted by Gasteiger charge is 2.23. The topological polar surface area (TPSA) is 47.3 Å². The minimum Gasteiger partial charge on any atom is -0.455 e. The summed E-state index contributed by atoms with van der Waals surface area (Å²) in [7, 11) is 0. The third-order valence-electron chi connectivity index (χ3n) is 11.6. The first kappa shape index (κ1) is 33.9. The van der Waals surface area contributed by atoms with Crippen molar-refractivity contribution in [3.63, 3.8) is 0 Å². The zero-order chi connectivity index (χ0) is 39.6. The van der Waals surface area contributed by atoms with Gasteiger partial charge in [-0.25, -0.2) is 4.98 Å². The zero-order valence-electron chi connectivity index (χ0n) is 32.4. The van der Waals surface area contributed by atoms with Crippen LogP contribution in [0.5, 0.6) is 0 Å². The van der Waals surface area contributed by atoms with Crippen LogP contribution in [0.2, 0.25) is 0 Å². The third kappa shape index (κ3) is 5.44. The molecular weight excluding hydrogens is 735 g/mol. The highest BCUT2D eigenvalue weighted by molar-refractivity contribution is 6.20. The second kappa shape index (κ2) is 13.8. The van der Waals surface area contributed by atoms with Crippen LogP contribution in [-0.2, 0) is 0 Å². The smallest absolute Gasteiger partial charge is 0.227 e. The maximum absolute atomic E-state index is 6.65. The van der Waals surface area contributed by atoms with Crippen molar-refractivity contribution < 1.29 is 8.83 Å². The molecule has 0 aliphatic rings. The SMILES string of the molecule is c1ccc(-c2nc3cc(-c4ccc(N(c5ccc6c(c5)c5ccccc5n6-c5ccccc5)c5ccccc5-c5ccccc5)cc4)c4oc5ccccc5c4c3o2)cc1. The van der Waals surface area contributed by atoms with Gasteiger partial charge in [0.25, 0.3) is 0 Å². The molecule has 0 saturated carbocycles. The van der Waals surface area contributed by atoms with Gasteiger partial charge in [0.2, 0.25) is 5.89 Å². The van der Waals surface area contributed by atoms with Crippen LogP contribution in [-0.4, -0.2) is 9.55 Å². The Morgan fingerprint density at radius 1 is 0.417 bits per heavy atom. The average Bonchev–Trinajstić information content (AvgIpc) is 4.02. The molecule has 0 saturated heterocycles. The van der Waals surface area contributed by atoms with Crippen molar-refractivity contribution in [2.75, 3.05) is 4.90 Å². The molecule has 12 aromatic rings. The Morgan fingerprint density at radius 2 is 1.03 bits per heavy atom. The van der Waals surface area contributed by atoms with Gasteiger partial charge in [0.05, 0.1) is 22.1 Å². The molecule has 0 fully saturated rings. The van der Waals surface area contributed by atoms with E-state index in [1.165, 1.54) is 16.3 Å². The van der Waals surface area contributed by atoms with E-state index in [-0.39, 0.29) is 0 Å². The molecule has 60 heavy (non-hydrogen) atoms. The Bertz CT molecular complexity index is 3530. The van der Waals surface area contributed by atoms with Gasteiger partial charge in [-0.3, -0.25) is 0 Å². The first-order chi connectivity index (χ1) is 29.8. The maximum atomic E-state index is 6.65. The fourth-order valence-corrected chi connectivity index (χ4v) is 8.89. The van der Waals surface area contributed by atoms with E-state index in [1.54, 1.807) is 0 Å². The molecule has 0 aliphatic heterocycles. The van der Waals surface area contributed by atoms with Gasteiger partial charge in [-0.1, -0.05) is 133 Å². The molecule has 0 amide bonds. The highest BCUT2D eigenvalue weighted by Crippen LogP contribution is 2.46. The monoisotopic (exact) mass is 769 g/mol. The standard InChI is InChI=1S/C55H35N3O2/c1-4-16-36(17-5-1)42-22-10-13-25-48(42)57(41-32-33-50-46(34-41)43-23-11-14-26-49(43)58(50)39-20-8-3-9-21-39)40-30-28-37(29-31-40)45-35-47-54(60-55(56-47)38-18-6-2-7-19-38)52-44-24-12-15-27-51(44)59-53(45)52/h1-35H. The summed E-state index contributed by atoms with van der Waals surface area (Å²) in [4.78, 5) is 7.40. The minimum absolute atomic E-state index is 0.585. The number of fused-ring (bicyclic) bond motifs is 8. The Hall–Kier alpha value is -8.15. The number of hydrogen-bond acceptors (Lipinski definition) is 4. The highest BCUT2D eigenvalue weighted by atomic mass is 16.4. The number of furan rings is 1. The summed E-state index contributed by atoms with van der Waals surface area (Å²) >= 11 is 0. The molecule has 0 unspecified atom stereocenters. The summed E-state index contributed by atoms with van der Waals surface area (Å²) in [5.74, 6) is 0.585. The van der Waals surface area contributed by atoms with Crippen molar-refractivity contribution in [3.05, 3.63) is 212 Å². The summed E-state index contributed by atoms with van der Waals surface area (Å²) in [5, 5.41) is 4.32. The molecule has 3 heterocycles. The van der Waals surface area contributed by atoms with Crippen molar-refractivity contribution in [2.45, 2.75) is 0 Å². The number of oxazole rings is 1. The van der Waals surface area contributed by atoms with Gasteiger partial charge < -0.3 is 18.3 Å². The van der Waals surface area contributed by atoms with Gasteiger partial charge in [-0.15, -0.1) is 0 Å². The maximum Gasteiger partial charge on any atom is 0.227 e. The van der Waals surface area contributed by atoms with Crippen LogP contribution in [0.4, 0.5) is 17.1 Å². The van der Waals surface area contributed by atoms with Crippen molar-refractivity contribution in [3.8, 4) is 39.4 Å². The molecule has 5 nitrogen and oxygen atoms in total. The van der Waals surface area contributed by atoms with Crippen LogP contribution in [0.25, 0.3) is 94.2 Å². The van der Waals surface area contributed by atoms with E-state index in [9.17, 15) is 0 Å². The number of benzene rings is 9. The van der Waals surface area contributed by atoms with Crippen molar-refractivity contribution >= 4 is 71.9 Å². The first-order valence-corrected chi connectivity index (χ1v) is 20.2. The van der Waals surface area contributed by atoms with E-state index < -0.39 is 0 Å². The molecule has 3 aromatic heterocycles. The van der Waals surface area contributed by atoms with Gasteiger partial charge in [0, 0.05) is 49.9 Å². The van der Waals surface area contributed by atoms with Crippen LogP contribution in [0.1, 0.15) is 0 Å². The van der Waals surface area contributed by atoms with Crippen molar-refractivity contribution in [1.29, 1.82) is 0 Å². The zero-order valence-corrected chi connectivity index (χ0v) is 32.4. The summed E-state index contributed by atoms with van der Waals surface area (Å²) < 4.78 is 15.5. The van der Waals surface area contributed by atoms with Crippen molar-refractivity contribution in [1.82, 2.24) is 9.55 Å². The summed E-state index contributed by atoms with van der Waals surface area (Å²) in [6, 6.07) is 74.5. The third-order valence-corrected chi connectivity index (χ3v) is 11.6. The molecule has 0 aliphatic carbocycles. The number of aromatic nitrogens is 2. The van der Waals surface area contributed by atoms with E-state index in [1.807, 2.05) is 48.5 Å². The fraction of sp³-hybridized carbons (Fsp3) is 0. The Balaban J connectivity index is 1.05. The number of para-hydroxylation sites is 4. The normalized spacial score (nSPS) is 11.7. The molecule has 0 N–H and O–H groups in total. The average molecular weight is 770 g/mol. The van der Waals surface area contributed by atoms with E-state index in [0.29, 0.717) is 5.89 Å². The Labute approximate surface area is 345 Å². The quantitative estimate of drug-likeness (QED) is 0.162. The van der Waals surface area contributed by atoms with Crippen LogP contribution >= 0.6 is 0 Å². The van der Waals surface area contributed by atoms with Crippen LogP contribution in [0, 0.1) is 0 Å². The molecule has 282 valence electrons. The number of hydrogen-bond donors (Lipinski definition) is 0. The first-order valence-electron chi connectivity index (χ1n) is 20.2. The second-order valence-electron chi connectivity index (χ2n) is 15.1. The summed E-state index contributed by atoms with van der Waals surface area (Å²) in [6.07, 6.45) is 0. The predicted molar refractivity (Wildman–Crippen MR) is 247 cm³/mol. The van der Waals surface area contributed by atoms with Crippen LogP contribution in [0.15, 0.2) is 221 Å². The summed E-state index contributed by atoms with van der Waals surface area (Å²) in [5.41, 5.74) is 14.9.